The summed E-state index contributed by atoms with van der Waals surface area (Å²) >= 11 is 3.33. The van der Waals surface area contributed by atoms with Crippen LogP contribution in [0.15, 0.2) is 59.1 Å². The van der Waals surface area contributed by atoms with Crippen molar-refractivity contribution >= 4 is 33.3 Å². The Labute approximate surface area is 185 Å². The third-order valence-electron chi connectivity index (χ3n) is 5.31. The van der Waals surface area contributed by atoms with Crippen LogP contribution >= 0.6 is 15.9 Å². The fourth-order valence-corrected chi connectivity index (χ4v) is 3.88. The number of aromatic nitrogens is 2. The van der Waals surface area contributed by atoms with Gasteiger partial charge >= 0.3 is 6.18 Å². The summed E-state index contributed by atoms with van der Waals surface area (Å²) in [5, 5.41) is 9.77. The molecule has 2 heterocycles. The number of benzene rings is 2. The first-order valence-corrected chi connectivity index (χ1v) is 10.6. The van der Waals surface area contributed by atoms with Crippen LogP contribution in [0.3, 0.4) is 0 Å². The van der Waals surface area contributed by atoms with Crippen LogP contribution in [0.2, 0.25) is 0 Å². The first-order valence-electron chi connectivity index (χ1n) is 9.83. The summed E-state index contributed by atoms with van der Waals surface area (Å²) in [5.41, 5.74) is 2.33. The third kappa shape index (κ3) is 4.61. The number of rotatable bonds is 4. The van der Waals surface area contributed by atoms with Crippen LogP contribution in [-0.2, 0) is 6.42 Å². The lowest BCUT2D eigenvalue weighted by molar-refractivity contribution is -0.173. The van der Waals surface area contributed by atoms with E-state index in [0.29, 0.717) is 5.69 Å². The Balaban J connectivity index is 1.61. The number of halogens is 4. The zero-order chi connectivity index (χ0) is 22.2. The van der Waals surface area contributed by atoms with Gasteiger partial charge in [0, 0.05) is 22.6 Å². The van der Waals surface area contributed by atoms with Crippen molar-refractivity contribution in [2.75, 3.05) is 10.6 Å². The van der Waals surface area contributed by atoms with Crippen LogP contribution in [-0.4, -0.2) is 21.9 Å². The molecule has 0 unspecified atom stereocenters. The van der Waals surface area contributed by atoms with Gasteiger partial charge in [0.05, 0.1) is 6.04 Å². The molecule has 4 rings (SSSR count). The molecule has 31 heavy (non-hydrogen) atoms. The number of hydrogen-bond acceptors (Lipinski definition) is 3. The van der Waals surface area contributed by atoms with Gasteiger partial charge in [0.1, 0.15) is 5.82 Å². The Hall–Kier alpha value is -2.81. The summed E-state index contributed by atoms with van der Waals surface area (Å²) in [6.07, 6.45) is -3.86. The normalized spacial score (nSPS) is 18.2. The summed E-state index contributed by atoms with van der Waals surface area (Å²) in [5.74, 6) is -0.401. The zero-order valence-corrected chi connectivity index (χ0v) is 18.2. The van der Waals surface area contributed by atoms with Crippen molar-refractivity contribution in [1.82, 2.24) is 9.78 Å². The van der Waals surface area contributed by atoms with E-state index >= 15 is 0 Å². The van der Waals surface area contributed by atoms with E-state index in [0.717, 1.165) is 26.7 Å². The predicted molar refractivity (Wildman–Crippen MR) is 116 cm³/mol. The summed E-state index contributed by atoms with van der Waals surface area (Å²) in [4.78, 5) is 12.6. The van der Waals surface area contributed by atoms with Gasteiger partial charge in [-0.15, -0.1) is 0 Å². The molecule has 2 N–H and O–H groups in total. The van der Waals surface area contributed by atoms with E-state index in [1.807, 2.05) is 19.1 Å². The van der Waals surface area contributed by atoms with Crippen LogP contribution in [0.1, 0.15) is 47.0 Å². The van der Waals surface area contributed by atoms with Crippen molar-refractivity contribution < 1.29 is 18.0 Å². The quantitative estimate of drug-likeness (QED) is 0.461. The second-order valence-electron chi connectivity index (χ2n) is 7.41. The Morgan fingerprint density at radius 1 is 1.19 bits per heavy atom. The standard InChI is InChI=1S/C22H20BrF3N4O/c1-2-13-3-9-16(10-4-13)27-21(31)18-12-20-28-17(14-5-7-15(23)8-6-14)11-19(22(24,25)26)30(20)29-18/h3-10,12,17,19,28H,2,11H2,1H3,(H,27,31)/t17-,19+/m1/s1. The molecule has 0 spiro atoms. The topological polar surface area (TPSA) is 59.0 Å². The Bertz CT molecular complexity index is 1080. The number of carbonyl (C=O) groups is 1. The zero-order valence-electron chi connectivity index (χ0n) is 16.6. The molecule has 3 aromatic rings. The second-order valence-corrected chi connectivity index (χ2v) is 8.32. The number of hydrogen-bond donors (Lipinski definition) is 2. The van der Waals surface area contributed by atoms with Gasteiger partial charge in [-0.05, 0) is 41.8 Å². The van der Waals surface area contributed by atoms with E-state index in [1.165, 1.54) is 6.07 Å². The van der Waals surface area contributed by atoms with Gasteiger partial charge in [-0.3, -0.25) is 4.79 Å². The lowest BCUT2D eigenvalue weighted by Crippen LogP contribution is -2.35. The molecular formula is C22H20BrF3N4O. The minimum absolute atomic E-state index is 0.0761. The number of amides is 1. The summed E-state index contributed by atoms with van der Waals surface area (Å²) in [6.45, 7) is 2.02. The number of anilines is 2. The molecule has 0 aliphatic carbocycles. The Kier molecular flexibility index (Phi) is 5.79. The first-order chi connectivity index (χ1) is 14.7. The van der Waals surface area contributed by atoms with Gasteiger partial charge in [0.15, 0.2) is 11.7 Å². The van der Waals surface area contributed by atoms with Crippen LogP contribution in [0.5, 0.6) is 0 Å². The molecule has 9 heteroatoms. The molecule has 1 aromatic heterocycles. The molecule has 2 atom stereocenters. The molecule has 0 saturated carbocycles. The van der Waals surface area contributed by atoms with Gasteiger partial charge < -0.3 is 10.6 Å². The highest BCUT2D eigenvalue weighted by atomic mass is 79.9. The SMILES string of the molecule is CCc1ccc(NC(=O)c2cc3n(n2)[C@H](C(F)(F)F)C[C@H](c2ccc(Br)cc2)N3)cc1. The van der Waals surface area contributed by atoms with E-state index in [2.05, 4.69) is 31.7 Å². The van der Waals surface area contributed by atoms with Crippen LogP contribution in [0.4, 0.5) is 24.7 Å². The Morgan fingerprint density at radius 3 is 2.48 bits per heavy atom. The van der Waals surface area contributed by atoms with Gasteiger partial charge in [0.2, 0.25) is 0 Å². The highest BCUT2D eigenvalue weighted by molar-refractivity contribution is 9.10. The number of fused-ring (bicyclic) bond motifs is 1. The number of aryl methyl sites for hydroxylation is 1. The lowest BCUT2D eigenvalue weighted by atomic mass is 9.97. The van der Waals surface area contributed by atoms with E-state index in [-0.39, 0.29) is 17.9 Å². The molecule has 0 radical (unpaired) electrons. The average molecular weight is 493 g/mol. The third-order valence-corrected chi connectivity index (χ3v) is 5.84. The van der Waals surface area contributed by atoms with E-state index in [1.54, 1.807) is 36.4 Å². The minimum atomic E-state index is -4.50. The summed E-state index contributed by atoms with van der Waals surface area (Å²) in [6, 6.07) is 13.4. The molecular weight excluding hydrogens is 473 g/mol. The fourth-order valence-electron chi connectivity index (χ4n) is 3.62. The molecule has 1 aliphatic rings. The minimum Gasteiger partial charge on any atom is -0.363 e. The summed E-state index contributed by atoms with van der Waals surface area (Å²) < 4.78 is 43.1. The molecule has 5 nitrogen and oxygen atoms in total. The molecule has 0 saturated heterocycles. The van der Waals surface area contributed by atoms with Crippen molar-refractivity contribution in [2.45, 2.75) is 38.0 Å². The molecule has 0 fully saturated rings. The summed E-state index contributed by atoms with van der Waals surface area (Å²) in [7, 11) is 0. The van der Waals surface area contributed by atoms with Gasteiger partial charge in [-0.1, -0.05) is 47.1 Å². The lowest BCUT2D eigenvalue weighted by Gasteiger charge is -2.33. The molecule has 0 bridgehead atoms. The maximum absolute atomic E-state index is 13.8. The number of carbonyl (C=O) groups excluding carboxylic acids is 1. The van der Waals surface area contributed by atoms with Crippen LogP contribution in [0, 0.1) is 0 Å². The average Bonchev–Trinajstić information content (AvgIpc) is 3.17. The molecule has 1 amide bonds. The predicted octanol–water partition coefficient (Wildman–Crippen LogP) is 6.12. The molecule has 1 aliphatic heterocycles. The van der Waals surface area contributed by atoms with Crippen molar-refractivity contribution in [1.29, 1.82) is 0 Å². The van der Waals surface area contributed by atoms with Gasteiger partial charge in [0.25, 0.3) is 5.91 Å². The smallest absolute Gasteiger partial charge is 0.363 e. The fraction of sp³-hybridized carbons (Fsp3) is 0.273. The molecule has 162 valence electrons. The maximum atomic E-state index is 13.8. The molecule has 2 aromatic carbocycles. The largest absolute Gasteiger partial charge is 0.410 e. The number of alkyl halides is 3. The number of nitrogens with zero attached hydrogens (tertiary/aromatic N) is 2. The van der Waals surface area contributed by atoms with Crippen molar-refractivity contribution in [2.24, 2.45) is 0 Å². The van der Waals surface area contributed by atoms with E-state index in [4.69, 9.17) is 0 Å². The van der Waals surface area contributed by atoms with Gasteiger partial charge in [-0.2, -0.15) is 18.3 Å². The highest BCUT2D eigenvalue weighted by Crippen LogP contribution is 2.43. The van der Waals surface area contributed by atoms with E-state index in [9.17, 15) is 18.0 Å². The number of nitrogens with one attached hydrogen (secondary N) is 2. The van der Waals surface area contributed by atoms with Gasteiger partial charge in [-0.25, -0.2) is 4.68 Å². The van der Waals surface area contributed by atoms with Crippen molar-refractivity contribution in [3.63, 3.8) is 0 Å². The van der Waals surface area contributed by atoms with E-state index < -0.39 is 24.2 Å². The Morgan fingerprint density at radius 2 is 1.87 bits per heavy atom. The van der Waals surface area contributed by atoms with Crippen molar-refractivity contribution in [3.05, 3.63) is 75.9 Å². The second kappa shape index (κ2) is 8.37. The van der Waals surface area contributed by atoms with Crippen LogP contribution in [0.25, 0.3) is 0 Å². The van der Waals surface area contributed by atoms with Crippen LogP contribution < -0.4 is 10.6 Å². The van der Waals surface area contributed by atoms with Crippen molar-refractivity contribution in [3.8, 4) is 0 Å². The first kappa shape index (κ1) is 21.4. The monoisotopic (exact) mass is 492 g/mol. The highest BCUT2D eigenvalue weighted by Gasteiger charge is 2.46. The maximum Gasteiger partial charge on any atom is 0.410 e.